The Hall–Kier alpha value is -1.55. The average Bonchev–Trinajstić information content (AvgIpc) is 2.31. The van der Waals surface area contributed by atoms with E-state index >= 15 is 0 Å². The molecule has 1 fully saturated rings. The molecule has 0 atom stereocenters. The summed E-state index contributed by atoms with van der Waals surface area (Å²) in [6, 6.07) is 6.04. The minimum Gasteiger partial charge on any atom is -0.399 e. The predicted molar refractivity (Wildman–Crippen MR) is 70.3 cm³/mol. The highest BCUT2D eigenvalue weighted by Crippen LogP contribution is 2.23. The van der Waals surface area contributed by atoms with E-state index in [2.05, 4.69) is 22.8 Å². The molecule has 0 bridgehead atoms. The van der Waals surface area contributed by atoms with E-state index in [1.807, 2.05) is 12.1 Å². The molecular weight excluding hydrogens is 214 g/mol. The van der Waals surface area contributed by atoms with Crippen LogP contribution in [0.5, 0.6) is 0 Å². The SMILES string of the molecule is Cc1cc(N)ccc1N1CCN(CC=O)CC1. The molecule has 1 aliphatic rings. The summed E-state index contributed by atoms with van der Waals surface area (Å²) in [6.45, 7) is 6.47. The number of anilines is 2. The predicted octanol–water partition coefficient (Wildman–Crippen LogP) is 0.898. The summed E-state index contributed by atoms with van der Waals surface area (Å²) in [5.74, 6) is 0. The third-order valence-corrected chi connectivity index (χ3v) is 3.27. The molecule has 1 aliphatic heterocycles. The highest BCUT2D eigenvalue weighted by atomic mass is 16.1. The van der Waals surface area contributed by atoms with E-state index in [1.165, 1.54) is 11.3 Å². The molecule has 1 heterocycles. The average molecular weight is 233 g/mol. The number of carbonyl (C=O) groups excluding carboxylic acids is 1. The lowest BCUT2D eigenvalue weighted by molar-refractivity contribution is -0.108. The van der Waals surface area contributed by atoms with Crippen LogP contribution >= 0.6 is 0 Å². The number of aldehydes is 1. The first-order valence-corrected chi connectivity index (χ1v) is 5.98. The summed E-state index contributed by atoms with van der Waals surface area (Å²) in [5, 5.41) is 0. The first-order chi connectivity index (χ1) is 8.20. The fourth-order valence-corrected chi connectivity index (χ4v) is 2.31. The van der Waals surface area contributed by atoms with Gasteiger partial charge in [0, 0.05) is 37.6 Å². The maximum absolute atomic E-state index is 10.4. The van der Waals surface area contributed by atoms with Gasteiger partial charge in [0.05, 0.1) is 6.54 Å². The van der Waals surface area contributed by atoms with Gasteiger partial charge in [-0.3, -0.25) is 4.90 Å². The van der Waals surface area contributed by atoms with Gasteiger partial charge in [-0.05, 0) is 30.7 Å². The number of carbonyl (C=O) groups is 1. The van der Waals surface area contributed by atoms with E-state index in [0.29, 0.717) is 6.54 Å². The molecule has 1 aromatic carbocycles. The number of rotatable bonds is 3. The van der Waals surface area contributed by atoms with Gasteiger partial charge in [0.1, 0.15) is 6.29 Å². The molecule has 17 heavy (non-hydrogen) atoms. The van der Waals surface area contributed by atoms with Gasteiger partial charge in [-0.25, -0.2) is 0 Å². The van der Waals surface area contributed by atoms with Gasteiger partial charge in [0.25, 0.3) is 0 Å². The molecule has 4 heteroatoms. The molecule has 0 aliphatic carbocycles. The van der Waals surface area contributed by atoms with E-state index in [-0.39, 0.29) is 0 Å². The normalized spacial score (nSPS) is 17.1. The van der Waals surface area contributed by atoms with Crippen LogP contribution in [0.4, 0.5) is 11.4 Å². The number of nitrogen functional groups attached to an aromatic ring is 1. The quantitative estimate of drug-likeness (QED) is 0.622. The van der Waals surface area contributed by atoms with Gasteiger partial charge in [-0.15, -0.1) is 0 Å². The van der Waals surface area contributed by atoms with Crippen LogP contribution in [0.15, 0.2) is 18.2 Å². The van der Waals surface area contributed by atoms with Crippen LogP contribution in [0.3, 0.4) is 0 Å². The van der Waals surface area contributed by atoms with Crippen LogP contribution < -0.4 is 10.6 Å². The minimum atomic E-state index is 0.550. The van der Waals surface area contributed by atoms with Crippen LogP contribution in [0.1, 0.15) is 5.56 Å². The zero-order chi connectivity index (χ0) is 12.3. The maximum atomic E-state index is 10.4. The number of hydrogen-bond donors (Lipinski definition) is 1. The van der Waals surface area contributed by atoms with Crippen molar-refractivity contribution in [3.05, 3.63) is 23.8 Å². The number of aryl methyl sites for hydroxylation is 1. The van der Waals surface area contributed by atoms with E-state index in [4.69, 9.17) is 5.73 Å². The maximum Gasteiger partial charge on any atom is 0.133 e. The summed E-state index contributed by atoms with van der Waals surface area (Å²) in [5.41, 5.74) is 9.04. The Morgan fingerprint density at radius 3 is 2.59 bits per heavy atom. The van der Waals surface area contributed by atoms with E-state index in [0.717, 1.165) is 38.2 Å². The second kappa shape index (κ2) is 5.19. The van der Waals surface area contributed by atoms with Gasteiger partial charge >= 0.3 is 0 Å². The zero-order valence-electron chi connectivity index (χ0n) is 10.2. The fourth-order valence-electron chi connectivity index (χ4n) is 2.31. The highest BCUT2D eigenvalue weighted by Gasteiger charge is 2.17. The van der Waals surface area contributed by atoms with Crippen molar-refractivity contribution >= 4 is 17.7 Å². The smallest absolute Gasteiger partial charge is 0.133 e. The van der Waals surface area contributed by atoms with E-state index in [1.54, 1.807) is 0 Å². The molecule has 1 saturated heterocycles. The second-order valence-corrected chi connectivity index (χ2v) is 4.50. The lowest BCUT2D eigenvalue weighted by Crippen LogP contribution is -2.47. The van der Waals surface area contributed by atoms with Crippen molar-refractivity contribution in [3.8, 4) is 0 Å². The van der Waals surface area contributed by atoms with Crippen molar-refractivity contribution in [3.63, 3.8) is 0 Å². The molecule has 0 saturated carbocycles. The molecule has 2 rings (SSSR count). The minimum absolute atomic E-state index is 0.550. The summed E-state index contributed by atoms with van der Waals surface area (Å²) < 4.78 is 0. The van der Waals surface area contributed by atoms with Crippen LogP contribution in [-0.2, 0) is 4.79 Å². The first-order valence-electron chi connectivity index (χ1n) is 5.98. The summed E-state index contributed by atoms with van der Waals surface area (Å²) >= 11 is 0. The number of piperazine rings is 1. The zero-order valence-corrected chi connectivity index (χ0v) is 10.2. The topological polar surface area (TPSA) is 49.6 Å². The van der Waals surface area contributed by atoms with Gasteiger partial charge in [-0.1, -0.05) is 0 Å². The molecule has 0 spiro atoms. The Balaban J connectivity index is 2.02. The molecule has 2 N–H and O–H groups in total. The van der Waals surface area contributed by atoms with Crippen LogP contribution in [0.2, 0.25) is 0 Å². The molecule has 0 amide bonds. The number of nitrogens with two attached hydrogens (primary N) is 1. The number of benzene rings is 1. The number of nitrogens with zero attached hydrogens (tertiary/aromatic N) is 2. The molecule has 4 nitrogen and oxygen atoms in total. The van der Waals surface area contributed by atoms with E-state index < -0.39 is 0 Å². The summed E-state index contributed by atoms with van der Waals surface area (Å²) in [7, 11) is 0. The van der Waals surface area contributed by atoms with Gasteiger partial charge < -0.3 is 15.4 Å². The van der Waals surface area contributed by atoms with Gasteiger partial charge in [0.15, 0.2) is 0 Å². The third kappa shape index (κ3) is 2.77. The van der Waals surface area contributed by atoms with Crippen LogP contribution in [0, 0.1) is 6.92 Å². The summed E-state index contributed by atoms with van der Waals surface area (Å²) in [6.07, 6.45) is 0.976. The van der Waals surface area contributed by atoms with Crippen molar-refractivity contribution in [2.45, 2.75) is 6.92 Å². The van der Waals surface area contributed by atoms with Crippen molar-refractivity contribution in [2.24, 2.45) is 0 Å². The highest BCUT2D eigenvalue weighted by molar-refractivity contribution is 5.59. The van der Waals surface area contributed by atoms with Crippen molar-refractivity contribution in [1.29, 1.82) is 0 Å². The Kier molecular flexibility index (Phi) is 3.64. The fraction of sp³-hybridized carbons (Fsp3) is 0.462. The number of hydrogen-bond acceptors (Lipinski definition) is 4. The van der Waals surface area contributed by atoms with Crippen molar-refractivity contribution in [2.75, 3.05) is 43.4 Å². The molecule has 0 unspecified atom stereocenters. The second-order valence-electron chi connectivity index (χ2n) is 4.50. The third-order valence-electron chi connectivity index (χ3n) is 3.27. The largest absolute Gasteiger partial charge is 0.399 e. The Bertz CT molecular complexity index is 398. The Morgan fingerprint density at radius 1 is 1.29 bits per heavy atom. The van der Waals surface area contributed by atoms with Crippen molar-refractivity contribution in [1.82, 2.24) is 4.90 Å². The standard InChI is InChI=1S/C13H19N3O/c1-11-10-12(14)2-3-13(11)16-6-4-15(5-7-16)8-9-17/h2-3,9-10H,4-8,14H2,1H3. The lowest BCUT2D eigenvalue weighted by Gasteiger charge is -2.36. The van der Waals surface area contributed by atoms with Crippen LogP contribution in [-0.4, -0.2) is 43.9 Å². The molecule has 0 radical (unpaired) electrons. The van der Waals surface area contributed by atoms with Gasteiger partial charge in [0.2, 0.25) is 0 Å². The monoisotopic (exact) mass is 233 g/mol. The molecule has 0 aromatic heterocycles. The van der Waals surface area contributed by atoms with E-state index in [9.17, 15) is 4.79 Å². The van der Waals surface area contributed by atoms with Crippen molar-refractivity contribution < 1.29 is 4.79 Å². The lowest BCUT2D eigenvalue weighted by atomic mass is 10.1. The first kappa shape index (κ1) is 11.9. The summed E-state index contributed by atoms with van der Waals surface area (Å²) in [4.78, 5) is 15.0. The molecule has 92 valence electrons. The Labute approximate surface area is 102 Å². The van der Waals surface area contributed by atoms with Gasteiger partial charge in [-0.2, -0.15) is 0 Å². The Morgan fingerprint density at radius 2 is 2.00 bits per heavy atom. The molecule has 1 aromatic rings. The van der Waals surface area contributed by atoms with Crippen LogP contribution in [0.25, 0.3) is 0 Å². The molecular formula is C13H19N3O.